The highest BCUT2D eigenvalue weighted by Crippen LogP contribution is 2.13. The van der Waals surface area contributed by atoms with Gasteiger partial charge in [0.1, 0.15) is 0 Å². The highest BCUT2D eigenvalue weighted by atomic mass is 32.2. The number of hydrogen-bond donors (Lipinski definition) is 0. The van der Waals surface area contributed by atoms with Crippen molar-refractivity contribution < 1.29 is 4.79 Å². The van der Waals surface area contributed by atoms with Gasteiger partial charge in [-0.05, 0) is 18.2 Å². The molecule has 1 aliphatic heterocycles. The second kappa shape index (κ2) is 5.44. The number of thioether (sulfide) groups is 1. The van der Waals surface area contributed by atoms with Crippen molar-refractivity contribution in [3.63, 3.8) is 0 Å². The molecule has 1 aliphatic rings. The van der Waals surface area contributed by atoms with E-state index >= 15 is 0 Å². The average Bonchev–Trinajstić information content (AvgIpc) is 3.02. The summed E-state index contributed by atoms with van der Waals surface area (Å²) < 4.78 is 1.67. The molecule has 2 aromatic rings. The Morgan fingerprint density at radius 1 is 1.26 bits per heavy atom. The van der Waals surface area contributed by atoms with E-state index in [0.29, 0.717) is 5.56 Å². The molecule has 1 amide bonds. The van der Waals surface area contributed by atoms with Crippen LogP contribution in [0.15, 0.2) is 36.8 Å². The smallest absolute Gasteiger partial charge is 0.255 e. The van der Waals surface area contributed by atoms with Crippen molar-refractivity contribution in [3.8, 4) is 5.82 Å². The molecule has 0 aliphatic carbocycles. The van der Waals surface area contributed by atoms with Crippen molar-refractivity contribution in [2.75, 3.05) is 24.6 Å². The quantitative estimate of drug-likeness (QED) is 0.832. The summed E-state index contributed by atoms with van der Waals surface area (Å²) in [5.41, 5.74) is 0.641. The van der Waals surface area contributed by atoms with E-state index < -0.39 is 0 Å². The van der Waals surface area contributed by atoms with Crippen LogP contribution in [0.4, 0.5) is 0 Å². The minimum Gasteiger partial charge on any atom is -0.337 e. The van der Waals surface area contributed by atoms with Gasteiger partial charge in [-0.15, -0.1) is 0 Å². The van der Waals surface area contributed by atoms with Gasteiger partial charge in [0.2, 0.25) is 0 Å². The lowest BCUT2D eigenvalue weighted by Gasteiger charge is -2.26. The topological polar surface area (TPSA) is 51.0 Å². The fourth-order valence-corrected chi connectivity index (χ4v) is 2.90. The van der Waals surface area contributed by atoms with Crippen LogP contribution in [-0.2, 0) is 0 Å². The largest absolute Gasteiger partial charge is 0.337 e. The summed E-state index contributed by atoms with van der Waals surface area (Å²) in [7, 11) is 0. The number of pyridine rings is 1. The summed E-state index contributed by atoms with van der Waals surface area (Å²) >= 11 is 1.89. The molecule has 0 bridgehead atoms. The highest BCUT2D eigenvalue weighted by molar-refractivity contribution is 7.99. The molecule has 98 valence electrons. The van der Waals surface area contributed by atoms with Gasteiger partial charge in [-0.25, -0.2) is 9.67 Å². The van der Waals surface area contributed by atoms with E-state index in [4.69, 9.17) is 0 Å². The molecule has 0 atom stereocenters. The number of rotatable bonds is 2. The summed E-state index contributed by atoms with van der Waals surface area (Å²) in [5.74, 6) is 2.82. The van der Waals surface area contributed by atoms with Crippen LogP contribution < -0.4 is 0 Å². The van der Waals surface area contributed by atoms with Gasteiger partial charge in [0.25, 0.3) is 5.91 Å². The molecule has 0 aromatic carbocycles. The summed E-state index contributed by atoms with van der Waals surface area (Å²) in [6.45, 7) is 1.65. The van der Waals surface area contributed by atoms with E-state index in [0.717, 1.165) is 30.4 Å². The van der Waals surface area contributed by atoms with Gasteiger partial charge in [-0.2, -0.15) is 16.9 Å². The van der Waals surface area contributed by atoms with Gasteiger partial charge >= 0.3 is 0 Å². The third-order valence-electron chi connectivity index (χ3n) is 3.03. The summed E-state index contributed by atoms with van der Waals surface area (Å²) in [6, 6.07) is 5.47. The number of aromatic nitrogens is 3. The second-order valence-electron chi connectivity index (χ2n) is 4.26. The van der Waals surface area contributed by atoms with Gasteiger partial charge in [0.05, 0.1) is 5.56 Å². The van der Waals surface area contributed by atoms with E-state index in [1.54, 1.807) is 17.1 Å². The van der Waals surface area contributed by atoms with Crippen LogP contribution in [0, 0.1) is 0 Å². The fourth-order valence-electron chi connectivity index (χ4n) is 2.00. The standard InChI is InChI=1S/C13H14N4OS/c18-13(16-6-8-19-9-7-16)11-2-3-12(14-10-11)17-5-1-4-15-17/h1-5,10H,6-9H2. The van der Waals surface area contributed by atoms with Crippen molar-refractivity contribution in [3.05, 3.63) is 42.4 Å². The Morgan fingerprint density at radius 3 is 2.74 bits per heavy atom. The molecule has 1 saturated heterocycles. The molecular weight excluding hydrogens is 260 g/mol. The Balaban J connectivity index is 1.76. The van der Waals surface area contributed by atoms with Gasteiger partial charge < -0.3 is 4.90 Å². The van der Waals surface area contributed by atoms with Crippen LogP contribution in [0.25, 0.3) is 5.82 Å². The Kier molecular flexibility index (Phi) is 3.50. The van der Waals surface area contributed by atoms with Crippen LogP contribution in [0.3, 0.4) is 0 Å². The summed E-state index contributed by atoms with van der Waals surface area (Å²) in [5, 5.41) is 4.11. The van der Waals surface area contributed by atoms with Crippen LogP contribution >= 0.6 is 11.8 Å². The van der Waals surface area contributed by atoms with Crippen LogP contribution in [0.1, 0.15) is 10.4 Å². The van der Waals surface area contributed by atoms with E-state index in [9.17, 15) is 4.79 Å². The molecule has 6 heteroatoms. The second-order valence-corrected chi connectivity index (χ2v) is 5.49. The highest BCUT2D eigenvalue weighted by Gasteiger charge is 2.18. The number of carbonyl (C=O) groups excluding carboxylic acids is 1. The van der Waals surface area contributed by atoms with Gasteiger partial charge in [-0.1, -0.05) is 0 Å². The molecule has 1 fully saturated rings. The Labute approximate surface area is 115 Å². The molecule has 5 nitrogen and oxygen atoms in total. The van der Waals surface area contributed by atoms with E-state index in [1.807, 2.05) is 41.1 Å². The van der Waals surface area contributed by atoms with Crippen LogP contribution in [0.2, 0.25) is 0 Å². The first kappa shape index (κ1) is 12.2. The normalized spacial score (nSPS) is 15.5. The molecule has 0 radical (unpaired) electrons. The zero-order valence-corrected chi connectivity index (χ0v) is 11.2. The first-order valence-corrected chi connectivity index (χ1v) is 7.33. The molecule has 0 spiro atoms. The van der Waals surface area contributed by atoms with Crippen LogP contribution in [0.5, 0.6) is 0 Å². The zero-order valence-electron chi connectivity index (χ0n) is 10.4. The van der Waals surface area contributed by atoms with Gasteiger partial charge in [0, 0.05) is 43.2 Å². The molecule has 0 N–H and O–H groups in total. The maximum Gasteiger partial charge on any atom is 0.255 e. The Bertz CT molecular complexity index is 547. The number of amides is 1. The van der Waals surface area contributed by atoms with Crippen molar-refractivity contribution in [2.45, 2.75) is 0 Å². The van der Waals surface area contributed by atoms with Crippen molar-refractivity contribution in [1.29, 1.82) is 0 Å². The molecular formula is C13H14N4OS. The van der Waals surface area contributed by atoms with Crippen molar-refractivity contribution >= 4 is 17.7 Å². The monoisotopic (exact) mass is 274 g/mol. The first-order valence-electron chi connectivity index (χ1n) is 6.18. The molecule has 0 unspecified atom stereocenters. The van der Waals surface area contributed by atoms with Gasteiger partial charge in [-0.3, -0.25) is 4.79 Å². The Morgan fingerprint density at radius 2 is 2.11 bits per heavy atom. The molecule has 3 rings (SSSR count). The zero-order chi connectivity index (χ0) is 13.1. The number of nitrogens with zero attached hydrogens (tertiary/aromatic N) is 4. The van der Waals surface area contributed by atoms with Crippen LogP contribution in [-0.4, -0.2) is 50.2 Å². The predicted molar refractivity (Wildman–Crippen MR) is 74.6 cm³/mol. The minimum absolute atomic E-state index is 0.0693. The van der Waals surface area contributed by atoms with E-state index in [-0.39, 0.29) is 5.91 Å². The molecule has 0 saturated carbocycles. The fraction of sp³-hybridized carbons (Fsp3) is 0.308. The van der Waals surface area contributed by atoms with Crippen molar-refractivity contribution in [2.24, 2.45) is 0 Å². The molecule has 2 aromatic heterocycles. The lowest BCUT2D eigenvalue weighted by molar-refractivity contribution is 0.0772. The van der Waals surface area contributed by atoms with E-state index in [2.05, 4.69) is 10.1 Å². The SMILES string of the molecule is O=C(c1ccc(-n2cccn2)nc1)N1CCSCC1. The predicted octanol–water partition coefficient (Wildman–Crippen LogP) is 1.46. The third-order valence-corrected chi connectivity index (χ3v) is 3.97. The van der Waals surface area contributed by atoms with Crippen molar-refractivity contribution in [1.82, 2.24) is 19.7 Å². The number of carbonyl (C=O) groups is 1. The van der Waals surface area contributed by atoms with E-state index in [1.165, 1.54) is 0 Å². The minimum atomic E-state index is 0.0693. The third kappa shape index (κ3) is 2.63. The average molecular weight is 274 g/mol. The lowest BCUT2D eigenvalue weighted by atomic mass is 10.2. The summed E-state index contributed by atoms with van der Waals surface area (Å²) in [6.07, 6.45) is 5.15. The Hall–Kier alpha value is -1.82. The number of hydrogen-bond acceptors (Lipinski definition) is 4. The maximum absolute atomic E-state index is 12.3. The lowest BCUT2D eigenvalue weighted by Crippen LogP contribution is -2.37. The first-order chi connectivity index (χ1) is 9.34. The molecule has 3 heterocycles. The summed E-state index contributed by atoms with van der Waals surface area (Å²) in [4.78, 5) is 18.4. The molecule has 19 heavy (non-hydrogen) atoms. The van der Waals surface area contributed by atoms with Gasteiger partial charge in [0.15, 0.2) is 5.82 Å². The maximum atomic E-state index is 12.3.